The first-order chi connectivity index (χ1) is 11.5. The third-order valence-corrected chi connectivity index (χ3v) is 4.52. The van der Waals surface area contributed by atoms with E-state index in [0.717, 1.165) is 11.6 Å². The highest BCUT2D eigenvalue weighted by molar-refractivity contribution is 7.98. The van der Waals surface area contributed by atoms with Crippen molar-refractivity contribution in [1.29, 1.82) is 5.41 Å². The molecule has 0 aliphatic rings. The largest absolute Gasteiger partial charge is 0.376 e. The normalized spacial score (nSPS) is 10.4. The Morgan fingerprint density at radius 2 is 1.88 bits per heavy atom. The van der Waals surface area contributed by atoms with Crippen molar-refractivity contribution in [3.8, 4) is 0 Å². The van der Waals surface area contributed by atoms with Crippen LogP contribution < -0.4 is 5.73 Å². The standard InChI is InChI=1S/C17H17F2N3S2/c18-14-7-6-13(15(19)10-14)11-24-9-8-22(17(21)23)16(20)12-4-2-1-3-5-12/h1-7,10,20H,8-9,11H2,(H2,21,23). The number of hydrogen-bond acceptors (Lipinski definition) is 3. The SMILES string of the molecule is N=C(c1ccccc1)N(CCSCc1ccc(F)cc1F)C(N)=S. The number of benzene rings is 2. The molecule has 0 aromatic heterocycles. The van der Waals surface area contributed by atoms with Crippen LogP contribution in [0, 0.1) is 17.0 Å². The van der Waals surface area contributed by atoms with Crippen molar-refractivity contribution >= 4 is 34.9 Å². The van der Waals surface area contributed by atoms with E-state index in [4.69, 9.17) is 23.4 Å². The first-order valence-corrected chi connectivity index (χ1v) is 8.78. The summed E-state index contributed by atoms with van der Waals surface area (Å²) < 4.78 is 26.5. The molecule has 0 bridgehead atoms. The molecule has 0 aliphatic carbocycles. The van der Waals surface area contributed by atoms with Gasteiger partial charge in [0.2, 0.25) is 0 Å². The summed E-state index contributed by atoms with van der Waals surface area (Å²) in [5.41, 5.74) is 6.88. The molecule has 0 saturated heterocycles. The minimum absolute atomic E-state index is 0.123. The summed E-state index contributed by atoms with van der Waals surface area (Å²) >= 11 is 6.49. The second kappa shape index (κ2) is 8.75. The summed E-state index contributed by atoms with van der Waals surface area (Å²) in [6.07, 6.45) is 0. The number of nitrogens with one attached hydrogen (secondary N) is 1. The highest BCUT2D eigenvalue weighted by Gasteiger charge is 2.14. The molecule has 0 spiro atoms. The third kappa shape index (κ3) is 5.01. The zero-order chi connectivity index (χ0) is 17.5. The smallest absolute Gasteiger partial charge is 0.172 e. The maximum atomic E-state index is 13.6. The van der Waals surface area contributed by atoms with E-state index in [1.165, 1.54) is 23.9 Å². The molecule has 0 saturated carbocycles. The number of halogens is 2. The van der Waals surface area contributed by atoms with Gasteiger partial charge < -0.3 is 10.6 Å². The fourth-order valence-electron chi connectivity index (χ4n) is 2.06. The van der Waals surface area contributed by atoms with Gasteiger partial charge >= 0.3 is 0 Å². The Morgan fingerprint density at radius 3 is 2.50 bits per heavy atom. The number of rotatable bonds is 6. The average Bonchev–Trinajstić information content (AvgIpc) is 2.56. The van der Waals surface area contributed by atoms with Gasteiger partial charge in [0.05, 0.1) is 0 Å². The minimum atomic E-state index is -0.586. The van der Waals surface area contributed by atoms with Gasteiger partial charge in [-0.05, 0) is 23.8 Å². The molecule has 24 heavy (non-hydrogen) atoms. The number of hydrogen-bond donors (Lipinski definition) is 2. The van der Waals surface area contributed by atoms with Gasteiger partial charge in [-0.25, -0.2) is 8.78 Å². The van der Waals surface area contributed by atoms with E-state index in [-0.39, 0.29) is 10.9 Å². The lowest BCUT2D eigenvalue weighted by Gasteiger charge is -2.23. The average molecular weight is 365 g/mol. The van der Waals surface area contributed by atoms with Gasteiger partial charge in [-0.3, -0.25) is 5.41 Å². The number of amidine groups is 1. The Labute approximate surface area is 149 Å². The van der Waals surface area contributed by atoms with Crippen LogP contribution in [-0.2, 0) is 5.75 Å². The van der Waals surface area contributed by atoms with Crippen molar-refractivity contribution in [2.45, 2.75) is 5.75 Å². The number of nitrogens with zero attached hydrogens (tertiary/aromatic N) is 1. The quantitative estimate of drug-likeness (QED) is 0.354. The summed E-state index contributed by atoms with van der Waals surface area (Å²) in [6, 6.07) is 12.7. The van der Waals surface area contributed by atoms with Crippen LogP contribution in [0.25, 0.3) is 0 Å². The number of nitrogens with two attached hydrogens (primary N) is 1. The van der Waals surface area contributed by atoms with Crippen LogP contribution in [0.2, 0.25) is 0 Å². The summed E-state index contributed by atoms with van der Waals surface area (Å²) in [7, 11) is 0. The zero-order valence-corrected chi connectivity index (χ0v) is 14.5. The topological polar surface area (TPSA) is 53.1 Å². The monoisotopic (exact) mass is 365 g/mol. The fourth-order valence-corrected chi connectivity index (χ4v) is 3.15. The Bertz CT molecular complexity index is 723. The third-order valence-electron chi connectivity index (χ3n) is 3.32. The number of thioether (sulfide) groups is 1. The van der Waals surface area contributed by atoms with Crippen molar-refractivity contribution < 1.29 is 8.78 Å². The molecule has 7 heteroatoms. The van der Waals surface area contributed by atoms with E-state index in [9.17, 15) is 8.78 Å². The molecule has 0 unspecified atom stereocenters. The van der Waals surface area contributed by atoms with Gasteiger partial charge in [-0.15, -0.1) is 0 Å². The highest BCUT2D eigenvalue weighted by atomic mass is 32.2. The van der Waals surface area contributed by atoms with Gasteiger partial charge in [-0.1, -0.05) is 36.4 Å². The summed E-state index contributed by atoms with van der Waals surface area (Å²) in [6.45, 7) is 0.441. The summed E-state index contributed by atoms with van der Waals surface area (Å²) in [5.74, 6) is 0.110. The van der Waals surface area contributed by atoms with Gasteiger partial charge in [0.25, 0.3) is 0 Å². The Hall–Kier alpha value is -1.99. The van der Waals surface area contributed by atoms with Gasteiger partial charge in [0.1, 0.15) is 17.5 Å². The van der Waals surface area contributed by atoms with E-state index >= 15 is 0 Å². The van der Waals surface area contributed by atoms with E-state index in [2.05, 4.69) is 0 Å². The Kier molecular flexibility index (Phi) is 6.69. The lowest BCUT2D eigenvalue weighted by atomic mass is 10.2. The van der Waals surface area contributed by atoms with Crippen molar-refractivity contribution in [2.24, 2.45) is 5.73 Å². The Balaban J connectivity index is 1.90. The maximum absolute atomic E-state index is 13.6. The molecule has 126 valence electrons. The van der Waals surface area contributed by atoms with Crippen LogP contribution in [0.5, 0.6) is 0 Å². The molecule has 2 rings (SSSR count). The zero-order valence-electron chi connectivity index (χ0n) is 12.8. The molecule has 0 aliphatic heterocycles. The van der Waals surface area contributed by atoms with Gasteiger partial charge in [0, 0.05) is 29.7 Å². The van der Waals surface area contributed by atoms with Crippen molar-refractivity contribution in [3.63, 3.8) is 0 Å². The molecule has 0 atom stereocenters. The van der Waals surface area contributed by atoms with E-state index in [1.807, 2.05) is 30.3 Å². The van der Waals surface area contributed by atoms with Gasteiger partial charge in [-0.2, -0.15) is 11.8 Å². The summed E-state index contributed by atoms with van der Waals surface area (Å²) in [5, 5.41) is 8.34. The first-order valence-electron chi connectivity index (χ1n) is 7.21. The molecular formula is C17H17F2N3S2. The predicted molar refractivity (Wildman–Crippen MR) is 99.3 cm³/mol. The molecule has 3 nitrogen and oxygen atoms in total. The van der Waals surface area contributed by atoms with Crippen LogP contribution in [0.1, 0.15) is 11.1 Å². The second-order valence-corrected chi connectivity index (χ2v) is 6.52. The second-order valence-electron chi connectivity index (χ2n) is 4.99. The van der Waals surface area contributed by atoms with Crippen LogP contribution in [0.15, 0.2) is 48.5 Å². The molecule has 0 heterocycles. The van der Waals surface area contributed by atoms with Gasteiger partial charge in [0.15, 0.2) is 5.11 Å². The highest BCUT2D eigenvalue weighted by Crippen LogP contribution is 2.17. The fraction of sp³-hybridized carbons (Fsp3) is 0.176. The van der Waals surface area contributed by atoms with Crippen LogP contribution in [-0.4, -0.2) is 28.1 Å². The molecule has 0 radical (unpaired) electrons. The summed E-state index contributed by atoms with van der Waals surface area (Å²) in [4.78, 5) is 1.54. The van der Waals surface area contributed by atoms with E-state index in [1.54, 1.807) is 4.90 Å². The van der Waals surface area contributed by atoms with Crippen molar-refractivity contribution in [2.75, 3.05) is 12.3 Å². The van der Waals surface area contributed by atoms with E-state index < -0.39 is 11.6 Å². The van der Waals surface area contributed by atoms with Crippen LogP contribution >= 0.6 is 24.0 Å². The molecular weight excluding hydrogens is 348 g/mol. The van der Waals surface area contributed by atoms with E-state index in [0.29, 0.717) is 23.6 Å². The Morgan fingerprint density at radius 1 is 1.17 bits per heavy atom. The predicted octanol–water partition coefficient (Wildman–Crippen LogP) is 3.77. The van der Waals surface area contributed by atoms with Crippen molar-refractivity contribution in [3.05, 3.63) is 71.3 Å². The molecule has 3 N–H and O–H groups in total. The molecule has 0 amide bonds. The lowest BCUT2D eigenvalue weighted by Crippen LogP contribution is -2.41. The number of thiocarbonyl (C=S) groups is 1. The maximum Gasteiger partial charge on any atom is 0.172 e. The molecule has 2 aromatic carbocycles. The lowest BCUT2D eigenvalue weighted by molar-refractivity contribution is 0.576. The van der Waals surface area contributed by atoms with Crippen LogP contribution in [0.4, 0.5) is 8.78 Å². The first kappa shape index (κ1) is 18.4. The molecule has 2 aromatic rings. The molecule has 0 fully saturated rings. The van der Waals surface area contributed by atoms with Crippen molar-refractivity contribution in [1.82, 2.24) is 4.90 Å². The van der Waals surface area contributed by atoms with Crippen LogP contribution in [0.3, 0.4) is 0 Å². The minimum Gasteiger partial charge on any atom is -0.376 e.